The maximum absolute atomic E-state index is 14.1. The number of imidazole rings is 1. The second-order valence-corrected chi connectivity index (χ2v) is 9.92. The van der Waals surface area contributed by atoms with Gasteiger partial charge in [-0.2, -0.15) is 23.0 Å². The van der Waals surface area contributed by atoms with Crippen LogP contribution < -0.4 is 21.5 Å². The fourth-order valence-electron chi connectivity index (χ4n) is 5.23. The van der Waals surface area contributed by atoms with Gasteiger partial charge in [0.1, 0.15) is 0 Å². The van der Waals surface area contributed by atoms with Crippen LogP contribution in [-0.2, 0) is 30.2 Å². The van der Waals surface area contributed by atoms with Crippen LogP contribution >= 0.6 is 0 Å². The summed E-state index contributed by atoms with van der Waals surface area (Å²) in [6.07, 6.45) is -7.37. The Morgan fingerprint density at radius 1 is 1.12 bits per heavy atom. The lowest BCUT2D eigenvalue weighted by Crippen LogP contribution is -2.46. The van der Waals surface area contributed by atoms with Gasteiger partial charge < -0.3 is 15.0 Å². The molecule has 0 fully saturated rings. The Morgan fingerprint density at radius 2 is 1.86 bits per heavy atom. The van der Waals surface area contributed by atoms with Crippen molar-refractivity contribution in [3.8, 4) is 0 Å². The zero-order valence-electron chi connectivity index (χ0n) is 22.7. The minimum Gasteiger partial charge on any atom is -0.426 e. The van der Waals surface area contributed by atoms with Crippen LogP contribution in [0.3, 0.4) is 0 Å². The fraction of sp³-hybridized carbons (Fsp3) is 0.360. The van der Waals surface area contributed by atoms with Crippen LogP contribution in [0.2, 0.25) is 0 Å². The highest BCUT2D eigenvalue weighted by Gasteiger charge is 2.45. The summed E-state index contributed by atoms with van der Waals surface area (Å²) in [4.78, 5) is 60.8. The van der Waals surface area contributed by atoms with Gasteiger partial charge in [-0.25, -0.2) is 14.2 Å². The number of ether oxygens (including phenoxy) is 1. The van der Waals surface area contributed by atoms with Crippen molar-refractivity contribution in [1.29, 1.82) is 0 Å². The third kappa shape index (κ3) is 4.78. The number of alkyl halides is 3. The van der Waals surface area contributed by atoms with Gasteiger partial charge in [0.2, 0.25) is 18.0 Å². The Kier molecular flexibility index (Phi) is 6.71. The maximum atomic E-state index is 14.1. The van der Waals surface area contributed by atoms with Gasteiger partial charge in [0, 0.05) is 37.9 Å². The van der Waals surface area contributed by atoms with Crippen molar-refractivity contribution in [2.75, 3.05) is 24.5 Å². The molecule has 0 bridgehead atoms. The first-order valence-electron chi connectivity index (χ1n) is 13.0. The molecule has 0 spiro atoms. The molecule has 0 amide bonds. The van der Waals surface area contributed by atoms with E-state index in [4.69, 9.17) is 0 Å². The first-order chi connectivity index (χ1) is 20.5. The molecule has 5 heterocycles. The molecule has 43 heavy (non-hydrogen) atoms. The van der Waals surface area contributed by atoms with E-state index in [-0.39, 0.29) is 39.6 Å². The number of ketones is 1. The van der Waals surface area contributed by atoms with Crippen molar-refractivity contribution in [2.24, 2.45) is 14.1 Å². The number of Topliss-reactive ketones (excluding diaryl/α,β-unsaturated/α-hetero) is 1. The van der Waals surface area contributed by atoms with Gasteiger partial charge in [-0.1, -0.05) is 30.3 Å². The number of hydrogen-bond donors (Lipinski definition) is 1. The average Bonchev–Trinajstić information content (AvgIpc) is 3.76. The van der Waals surface area contributed by atoms with E-state index >= 15 is 0 Å². The highest BCUT2D eigenvalue weighted by molar-refractivity contribution is 5.99. The SMILES string of the molecule is Cn1nnc(Cn2c(N3CCC4=C3CNC4)nc3c2c(=O)n(C(OC(=O)C(F)(F)F)C(=O)c2ccccc2)c(=O)n3C)n1. The Hall–Kier alpha value is -5.13. The zero-order valence-corrected chi connectivity index (χ0v) is 22.7. The van der Waals surface area contributed by atoms with E-state index in [1.54, 1.807) is 6.07 Å². The number of hydrogen-bond acceptors (Lipinski definition) is 11. The van der Waals surface area contributed by atoms with Crippen LogP contribution in [0, 0.1) is 0 Å². The largest absolute Gasteiger partial charge is 0.491 e. The van der Waals surface area contributed by atoms with Gasteiger partial charge in [0.25, 0.3) is 5.56 Å². The highest BCUT2D eigenvalue weighted by Crippen LogP contribution is 2.32. The summed E-state index contributed by atoms with van der Waals surface area (Å²) in [7, 11) is 2.78. The quantitative estimate of drug-likeness (QED) is 0.225. The maximum Gasteiger partial charge on any atom is 0.491 e. The normalized spacial score (nSPS) is 15.8. The Bertz CT molecular complexity index is 1920. The van der Waals surface area contributed by atoms with Crippen LogP contribution in [0.4, 0.5) is 19.1 Å². The molecular weight excluding hydrogens is 577 g/mol. The molecule has 0 radical (unpaired) electrons. The minimum atomic E-state index is -5.52. The van der Waals surface area contributed by atoms with Crippen LogP contribution in [0.1, 0.15) is 28.8 Å². The summed E-state index contributed by atoms with van der Waals surface area (Å²) in [5.74, 6) is -3.55. The predicted molar refractivity (Wildman–Crippen MR) is 141 cm³/mol. The number of aryl methyl sites for hydroxylation is 2. The molecule has 3 aromatic heterocycles. The van der Waals surface area contributed by atoms with Crippen molar-refractivity contribution < 1.29 is 27.5 Å². The number of carbonyl (C=O) groups is 2. The van der Waals surface area contributed by atoms with E-state index in [0.717, 1.165) is 22.3 Å². The predicted octanol–water partition coefficient (Wildman–Crippen LogP) is 0.0229. The number of benzene rings is 1. The number of carbonyl (C=O) groups excluding carboxylic acids is 2. The van der Waals surface area contributed by atoms with Crippen molar-refractivity contribution in [1.82, 2.24) is 44.2 Å². The number of aromatic nitrogens is 8. The fourth-order valence-corrected chi connectivity index (χ4v) is 5.23. The average molecular weight is 601 g/mol. The molecule has 18 heteroatoms. The first-order valence-corrected chi connectivity index (χ1v) is 13.0. The lowest BCUT2D eigenvalue weighted by atomic mass is 10.1. The van der Waals surface area contributed by atoms with Gasteiger partial charge in [-0.3, -0.25) is 18.7 Å². The van der Waals surface area contributed by atoms with E-state index in [1.165, 1.54) is 47.7 Å². The lowest BCUT2D eigenvalue weighted by Gasteiger charge is -2.21. The molecule has 4 aromatic rings. The second-order valence-electron chi connectivity index (χ2n) is 9.92. The molecule has 0 saturated heterocycles. The number of tetrazole rings is 1. The zero-order chi connectivity index (χ0) is 30.6. The molecule has 0 saturated carbocycles. The van der Waals surface area contributed by atoms with Gasteiger partial charge in [-0.05, 0) is 17.2 Å². The number of anilines is 1. The van der Waals surface area contributed by atoms with E-state index in [0.29, 0.717) is 19.6 Å². The monoisotopic (exact) mass is 600 g/mol. The Morgan fingerprint density at radius 3 is 2.53 bits per heavy atom. The third-order valence-electron chi connectivity index (χ3n) is 7.22. The second kappa shape index (κ2) is 10.3. The number of esters is 1. The molecule has 1 N–H and O–H groups in total. The smallest absolute Gasteiger partial charge is 0.426 e. The molecule has 224 valence electrons. The summed E-state index contributed by atoms with van der Waals surface area (Å²) in [5.41, 5.74) is -0.904. The van der Waals surface area contributed by atoms with E-state index in [1.807, 2.05) is 4.90 Å². The number of fused-ring (bicyclic) bond motifs is 1. The summed E-state index contributed by atoms with van der Waals surface area (Å²) in [5, 5.41) is 15.2. The van der Waals surface area contributed by atoms with E-state index in [2.05, 4.69) is 30.4 Å². The van der Waals surface area contributed by atoms with Gasteiger partial charge in [-0.15, -0.1) is 10.2 Å². The van der Waals surface area contributed by atoms with Crippen LogP contribution in [0.5, 0.6) is 0 Å². The molecular formula is C25H23F3N10O5. The van der Waals surface area contributed by atoms with Crippen molar-refractivity contribution >= 4 is 28.9 Å². The summed E-state index contributed by atoms with van der Waals surface area (Å²) in [6, 6.07) is 6.89. The molecule has 2 aliphatic rings. The summed E-state index contributed by atoms with van der Waals surface area (Å²) >= 11 is 0. The summed E-state index contributed by atoms with van der Waals surface area (Å²) < 4.78 is 47.0. The Labute approximate surface area is 238 Å². The lowest BCUT2D eigenvalue weighted by molar-refractivity contribution is -0.206. The summed E-state index contributed by atoms with van der Waals surface area (Å²) in [6.45, 7) is 1.56. The molecule has 1 aromatic carbocycles. The standard InChI is InChI=1S/C25H23F3N10O5/c1-34-19-17(37(12-16-31-33-35(2)32-16)23(30-19)36-9-8-14-10-29-11-15(14)36)20(40)38(24(34)42)21(43-22(41)25(26,27)28)18(39)13-6-4-3-5-7-13/h3-7,21,29H,8-12H2,1-2H3. The number of rotatable bonds is 7. The van der Waals surface area contributed by atoms with Crippen LogP contribution in [-0.4, -0.2) is 76.5 Å². The van der Waals surface area contributed by atoms with Crippen molar-refractivity contribution in [2.45, 2.75) is 25.4 Å². The molecule has 15 nitrogen and oxygen atoms in total. The molecule has 2 aliphatic heterocycles. The van der Waals surface area contributed by atoms with Gasteiger partial charge >= 0.3 is 17.8 Å². The van der Waals surface area contributed by atoms with E-state index < -0.39 is 35.4 Å². The Balaban J connectivity index is 1.60. The molecule has 0 aliphatic carbocycles. The number of nitrogens with zero attached hydrogens (tertiary/aromatic N) is 9. The van der Waals surface area contributed by atoms with Crippen LogP contribution in [0.15, 0.2) is 51.2 Å². The topological polar surface area (TPSA) is 164 Å². The number of halogens is 3. The highest BCUT2D eigenvalue weighted by atomic mass is 19.4. The van der Waals surface area contributed by atoms with Crippen LogP contribution in [0.25, 0.3) is 11.2 Å². The first kappa shape index (κ1) is 28.0. The number of nitrogens with one attached hydrogen (secondary N) is 1. The minimum absolute atomic E-state index is 0.113. The van der Waals surface area contributed by atoms with E-state index in [9.17, 15) is 32.3 Å². The molecule has 6 rings (SSSR count). The van der Waals surface area contributed by atoms with Gasteiger partial charge in [0.05, 0.1) is 13.6 Å². The third-order valence-corrected chi connectivity index (χ3v) is 7.22. The molecule has 1 atom stereocenters. The van der Waals surface area contributed by atoms with Crippen molar-refractivity contribution in [3.05, 3.63) is 73.8 Å². The van der Waals surface area contributed by atoms with Gasteiger partial charge in [0.15, 0.2) is 17.0 Å². The van der Waals surface area contributed by atoms with Crippen molar-refractivity contribution in [3.63, 3.8) is 0 Å². The molecule has 1 unspecified atom stereocenters.